The zero-order valence-corrected chi connectivity index (χ0v) is 21.2. The molecule has 0 radical (unpaired) electrons. The first-order chi connectivity index (χ1) is 17.1. The summed E-state index contributed by atoms with van der Waals surface area (Å²) in [6.07, 6.45) is 4.16. The van der Waals surface area contributed by atoms with Crippen LogP contribution in [0.3, 0.4) is 0 Å². The molecule has 0 amide bonds. The lowest BCUT2D eigenvalue weighted by Gasteiger charge is -2.14. The Bertz CT molecular complexity index is 1420. The Morgan fingerprint density at radius 2 is 2.03 bits per heavy atom. The summed E-state index contributed by atoms with van der Waals surface area (Å²) in [7, 11) is 3.62. The van der Waals surface area contributed by atoms with E-state index < -0.39 is 0 Å². The minimum Gasteiger partial charge on any atom is -0.378 e. The highest BCUT2D eigenvalue weighted by Gasteiger charge is 2.27. The van der Waals surface area contributed by atoms with E-state index in [0.717, 1.165) is 23.2 Å². The number of anilines is 1. The van der Waals surface area contributed by atoms with E-state index in [1.165, 1.54) is 17.8 Å². The summed E-state index contributed by atoms with van der Waals surface area (Å²) in [6.45, 7) is 2.06. The molecule has 35 heavy (non-hydrogen) atoms. The molecule has 182 valence electrons. The fourth-order valence-corrected chi connectivity index (χ4v) is 5.23. The number of nitrogens with zero attached hydrogens (tertiary/aromatic N) is 4. The van der Waals surface area contributed by atoms with Crippen molar-refractivity contribution in [2.75, 3.05) is 39.2 Å². The van der Waals surface area contributed by atoms with Crippen LogP contribution in [0.15, 0.2) is 40.6 Å². The third-order valence-corrected chi connectivity index (χ3v) is 7.33. The first-order valence-corrected chi connectivity index (χ1v) is 12.9. The average molecular weight is 511 g/mol. The zero-order valence-electron chi connectivity index (χ0n) is 19.7. The van der Waals surface area contributed by atoms with Crippen molar-refractivity contribution in [3.05, 3.63) is 56.2 Å². The molecule has 0 aliphatic heterocycles. The van der Waals surface area contributed by atoms with Gasteiger partial charge >= 0.3 is 0 Å². The van der Waals surface area contributed by atoms with Crippen molar-refractivity contribution in [2.24, 2.45) is 0 Å². The fourth-order valence-electron chi connectivity index (χ4n) is 3.94. The van der Waals surface area contributed by atoms with Crippen LogP contribution in [0.2, 0.25) is 5.02 Å². The molecule has 5 rings (SSSR count). The van der Waals surface area contributed by atoms with Gasteiger partial charge in [0.1, 0.15) is 5.65 Å². The van der Waals surface area contributed by atoms with Crippen molar-refractivity contribution in [3.63, 3.8) is 0 Å². The lowest BCUT2D eigenvalue weighted by Crippen LogP contribution is -2.26. The molecule has 8 nitrogen and oxygen atoms in total. The van der Waals surface area contributed by atoms with Crippen molar-refractivity contribution in [2.45, 2.75) is 25.3 Å². The van der Waals surface area contributed by atoms with Crippen LogP contribution in [0.25, 0.3) is 33.4 Å². The van der Waals surface area contributed by atoms with E-state index in [2.05, 4.69) is 26.0 Å². The summed E-state index contributed by atoms with van der Waals surface area (Å²) in [5.74, 6) is 1.07. The molecule has 0 atom stereocenters. The molecule has 3 heterocycles. The first-order valence-electron chi connectivity index (χ1n) is 11.7. The molecule has 1 aromatic carbocycles. The van der Waals surface area contributed by atoms with E-state index in [0.29, 0.717) is 53.4 Å². The molecule has 3 aromatic heterocycles. The molecule has 10 heteroatoms. The van der Waals surface area contributed by atoms with Crippen LogP contribution < -0.4 is 16.2 Å². The second kappa shape index (κ2) is 10.4. The highest BCUT2D eigenvalue weighted by atomic mass is 35.5. The summed E-state index contributed by atoms with van der Waals surface area (Å²) in [4.78, 5) is 27.3. The molecular weight excluding hydrogens is 484 g/mol. The topological polar surface area (TPSA) is 94.0 Å². The maximum absolute atomic E-state index is 13.6. The number of hydrogen-bond donors (Lipinski definition) is 2. The molecule has 1 aliphatic rings. The Labute approximate surface area is 212 Å². The monoisotopic (exact) mass is 510 g/mol. The predicted molar refractivity (Wildman–Crippen MR) is 142 cm³/mol. The lowest BCUT2D eigenvalue weighted by atomic mass is 10.0. The maximum Gasteiger partial charge on any atom is 0.260 e. The number of halogens is 1. The van der Waals surface area contributed by atoms with Gasteiger partial charge in [0.2, 0.25) is 5.95 Å². The van der Waals surface area contributed by atoms with E-state index in [9.17, 15) is 4.79 Å². The van der Waals surface area contributed by atoms with Crippen molar-refractivity contribution < 1.29 is 4.74 Å². The Kier molecular flexibility index (Phi) is 7.10. The minimum atomic E-state index is -0.171. The lowest BCUT2D eigenvalue weighted by molar-refractivity contribution is 0.129. The highest BCUT2D eigenvalue weighted by Crippen LogP contribution is 2.42. The summed E-state index contributed by atoms with van der Waals surface area (Å²) in [5, 5.41) is 10.5. The zero-order chi connectivity index (χ0) is 24.4. The Balaban J connectivity index is 1.52. The average Bonchev–Trinajstić information content (AvgIpc) is 3.61. The number of ether oxygens (including phenoxy) is 1. The van der Waals surface area contributed by atoms with E-state index in [-0.39, 0.29) is 5.56 Å². The number of rotatable bonds is 10. The Morgan fingerprint density at radius 1 is 1.17 bits per heavy atom. The van der Waals surface area contributed by atoms with Crippen molar-refractivity contribution in [1.29, 1.82) is 0 Å². The minimum absolute atomic E-state index is 0.171. The summed E-state index contributed by atoms with van der Waals surface area (Å²) in [5.41, 5.74) is 3.42. The maximum atomic E-state index is 13.6. The molecule has 0 bridgehead atoms. The van der Waals surface area contributed by atoms with Gasteiger partial charge in [0.15, 0.2) is 0 Å². The summed E-state index contributed by atoms with van der Waals surface area (Å²) >= 11 is 8.44. The van der Waals surface area contributed by atoms with E-state index in [4.69, 9.17) is 21.3 Å². The van der Waals surface area contributed by atoms with Crippen molar-refractivity contribution in [1.82, 2.24) is 24.8 Å². The number of aromatic nitrogens is 4. The van der Waals surface area contributed by atoms with E-state index in [1.807, 2.05) is 31.3 Å². The normalized spacial score (nSPS) is 13.5. The molecule has 0 saturated heterocycles. The molecule has 1 fully saturated rings. The van der Waals surface area contributed by atoms with Gasteiger partial charge in [0, 0.05) is 58.2 Å². The standard InChI is InChI=1S/C25H27ClN6O2S/c1-27-7-9-34-10-8-32-22-17(13-29-25(28-2)31-22)11-19(24(32)33)18-6-5-16(12-20(18)26)21-14-35-23(30-21)15-3-4-15/h5-6,11-15,27H,3-4,7-10H2,1-2H3,(H,28,29,31). The fraction of sp³-hybridized carbons (Fsp3) is 0.360. The third-order valence-electron chi connectivity index (χ3n) is 6.01. The number of thiazole rings is 1. The van der Waals surface area contributed by atoms with Crippen LogP contribution in [-0.4, -0.2) is 53.4 Å². The van der Waals surface area contributed by atoms with Gasteiger partial charge in [-0.15, -0.1) is 11.3 Å². The summed E-state index contributed by atoms with van der Waals surface area (Å²) < 4.78 is 7.32. The van der Waals surface area contributed by atoms with Gasteiger partial charge in [0.25, 0.3) is 5.56 Å². The van der Waals surface area contributed by atoms with Crippen molar-refractivity contribution >= 4 is 39.9 Å². The van der Waals surface area contributed by atoms with Gasteiger partial charge in [-0.3, -0.25) is 9.36 Å². The quantitative estimate of drug-likeness (QED) is 0.305. The number of hydrogen-bond acceptors (Lipinski definition) is 8. The van der Waals surface area contributed by atoms with E-state index >= 15 is 0 Å². The van der Waals surface area contributed by atoms with Crippen LogP contribution in [0, 0.1) is 0 Å². The van der Waals surface area contributed by atoms with Gasteiger partial charge < -0.3 is 15.4 Å². The second-order valence-electron chi connectivity index (χ2n) is 8.49. The molecular formula is C25H27ClN6O2S. The highest BCUT2D eigenvalue weighted by molar-refractivity contribution is 7.10. The van der Waals surface area contributed by atoms with Gasteiger partial charge in [-0.2, -0.15) is 4.98 Å². The number of likely N-dealkylation sites (N-methyl/N-ethyl adjacent to an activating group) is 1. The van der Waals surface area contributed by atoms with Crippen molar-refractivity contribution in [3.8, 4) is 22.4 Å². The van der Waals surface area contributed by atoms with Gasteiger partial charge in [-0.1, -0.05) is 23.7 Å². The number of nitrogens with one attached hydrogen (secondary N) is 2. The number of fused-ring (bicyclic) bond motifs is 1. The Hall–Kier alpha value is -2.85. The molecule has 0 unspecified atom stereocenters. The molecule has 4 aromatic rings. The SMILES string of the molecule is CNCCOCCn1c(=O)c(-c2ccc(-c3csc(C4CC4)n3)cc2Cl)cc2cnc(NC)nc21. The molecule has 1 saturated carbocycles. The first kappa shape index (κ1) is 23.9. The molecule has 0 spiro atoms. The largest absolute Gasteiger partial charge is 0.378 e. The molecule has 2 N–H and O–H groups in total. The number of pyridine rings is 1. The summed E-state index contributed by atoms with van der Waals surface area (Å²) in [6, 6.07) is 7.57. The van der Waals surface area contributed by atoms with Gasteiger partial charge in [-0.05, 0) is 32.0 Å². The van der Waals surface area contributed by atoms with Crippen LogP contribution in [0.4, 0.5) is 5.95 Å². The van der Waals surface area contributed by atoms with Crippen LogP contribution in [-0.2, 0) is 11.3 Å². The van der Waals surface area contributed by atoms with E-state index in [1.54, 1.807) is 29.1 Å². The van der Waals surface area contributed by atoms with Crippen LogP contribution in [0.1, 0.15) is 23.8 Å². The third kappa shape index (κ3) is 5.08. The van der Waals surface area contributed by atoms with Gasteiger partial charge in [0.05, 0.1) is 30.5 Å². The molecule has 1 aliphatic carbocycles. The van der Waals surface area contributed by atoms with Crippen LogP contribution in [0.5, 0.6) is 0 Å². The number of benzene rings is 1. The van der Waals surface area contributed by atoms with Gasteiger partial charge in [-0.25, -0.2) is 9.97 Å². The second-order valence-corrected chi connectivity index (χ2v) is 9.79. The van der Waals surface area contributed by atoms with Crippen LogP contribution >= 0.6 is 22.9 Å². The smallest absolute Gasteiger partial charge is 0.260 e. The Morgan fingerprint density at radius 3 is 2.77 bits per heavy atom. The predicted octanol–water partition coefficient (Wildman–Crippen LogP) is 4.39.